The van der Waals surface area contributed by atoms with Crippen LogP contribution in [0.3, 0.4) is 0 Å². The van der Waals surface area contributed by atoms with Crippen LogP contribution in [-0.2, 0) is 5.75 Å². The maximum Gasteiger partial charge on any atom is 0.0467 e. The Morgan fingerprint density at radius 1 is 1.40 bits per heavy atom. The topological polar surface area (TPSA) is 15.8 Å². The number of H-pyrrole nitrogens is 1. The molecule has 1 heterocycles. The molecule has 0 radical (unpaired) electrons. The molecule has 0 aliphatic carbocycles. The first-order valence-corrected chi connectivity index (χ1v) is 6.88. The second-order valence-corrected chi connectivity index (χ2v) is 6.27. The lowest BCUT2D eigenvalue weighted by molar-refractivity contribution is 1.10. The van der Waals surface area contributed by atoms with Crippen LogP contribution in [0.1, 0.15) is 19.5 Å². The number of fused-ring (bicyclic) bond motifs is 1. The van der Waals surface area contributed by atoms with Crippen LogP contribution >= 0.6 is 27.7 Å². The van der Waals surface area contributed by atoms with Crippen molar-refractivity contribution in [3.63, 3.8) is 0 Å². The molecule has 0 saturated carbocycles. The standard InChI is InChI=1S/C12H14BrNS/c1-8(2)15-7-9-6-10-11(13)4-3-5-12(10)14-9/h3-6,8,14H,7H2,1-2H3. The second kappa shape index (κ2) is 4.62. The van der Waals surface area contributed by atoms with Crippen molar-refractivity contribution in [2.75, 3.05) is 0 Å². The van der Waals surface area contributed by atoms with Crippen LogP contribution in [0.25, 0.3) is 10.9 Å². The van der Waals surface area contributed by atoms with Crippen LogP contribution in [0.5, 0.6) is 0 Å². The fourth-order valence-corrected chi connectivity index (χ4v) is 2.66. The Morgan fingerprint density at radius 3 is 2.87 bits per heavy atom. The quantitative estimate of drug-likeness (QED) is 0.872. The molecule has 0 bridgehead atoms. The van der Waals surface area contributed by atoms with Crippen LogP contribution in [0.2, 0.25) is 0 Å². The van der Waals surface area contributed by atoms with Gasteiger partial charge in [-0.2, -0.15) is 11.8 Å². The minimum absolute atomic E-state index is 0.680. The van der Waals surface area contributed by atoms with Crippen molar-refractivity contribution in [2.24, 2.45) is 0 Å². The summed E-state index contributed by atoms with van der Waals surface area (Å²) in [6, 6.07) is 8.48. The molecule has 1 N–H and O–H groups in total. The van der Waals surface area contributed by atoms with Gasteiger partial charge in [0.25, 0.3) is 0 Å². The molecule has 0 aliphatic rings. The van der Waals surface area contributed by atoms with Crippen LogP contribution in [0.4, 0.5) is 0 Å². The van der Waals surface area contributed by atoms with Gasteiger partial charge in [0.05, 0.1) is 0 Å². The molecule has 2 rings (SSSR count). The molecule has 0 fully saturated rings. The predicted molar refractivity (Wildman–Crippen MR) is 72.4 cm³/mol. The molecule has 0 atom stereocenters. The van der Waals surface area contributed by atoms with E-state index >= 15 is 0 Å². The molecular weight excluding hydrogens is 270 g/mol. The van der Waals surface area contributed by atoms with Gasteiger partial charge in [0.15, 0.2) is 0 Å². The Bertz CT molecular complexity index is 462. The molecule has 0 amide bonds. The van der Waals surface area contributed by atoms with Gasteiger partial charge in [0.1, 0.15) is 0 Å². The van der Waals surface area contributed by atoms with Crippen molar-refractivity contribution in [3.05, 3.63) is 34.4 Å². The molecule has 1 aromatic carbocycles. The monoisotopic (exact) mass is 283 g/mol. The fourth-order valence-electron chi connectivity index (χ4n) is 1.51. The lowest BCUT2D eigenvalue weighted by atomic mass is 10.2. The van der Waals surface area contributed by atoms with E-state index in [-0.39, 0.29) is 0 Å². The molecule has 0 aliphatic heterocycles. The molecule has 0 unspecified atom stereocenters. The zero-order valence-corrected chi connectivity index (χ0v) is 11.3. The molecule has 80 valence electrons. The first-order chi connectivity index (χ1) is 7.16. The van der Waals surface area contributed by atoms with Gasteiger partial charge in [-0.15, -0.1) is 0 Å². The number of nitrogens with one attached hydrogen (secondary N) is 1. The Hall–Kier alpha value is -0.410. The fraction of sp³-hybridized carbons (Fsp3) is 0.333. The van der Waals surface area contributed by atoms with Gasteiger partial charge in [0, 0.05) is 26.8 Å². The number of aromatic nitrogens is 1. The molecule has 1 nitrogen and oxygen atoms in total. The predicted octanol–water partition coefficient (Wildman–Crippen LogP) is 4.57. The van der Waals surface area contributed by atoms with E-state index in [2.05, 4.69) is 59.0 Å². The van der Waals surface area contributed by atoms with Gasteiger partial charge < -0.3 is 4.98 Å². The van der Waals surface area contributed by atoms with E-state index < -0.39 is 0 Å². The Balaban J connectivity index is 2.27. The third-order valence-corrected chi connectivity index (χ3v) is 4.07. The minimum Gasteiger partial charge on any atom is -0.358 e. The normalized spacial score (nSPS) is 11.5. The van der Waals surface area contributed by atoms with Gasteiger partial charge in [-0.3, -0.25) is 0 Å². The summed E-state index contributed by atoms with van der Waals surface area (Å²) >= 11 is 5.52. The largest absolute Gasteiger partial charge is 0.358 e. The maximum atomic E-state index is 3.56. The van der Waals surface area contributed by atoms with E-state index in [1.807, 2.05) is 11.8 Å². The van der Waals surface area contributed by atoms with E-state index in [0.717, 1.165) is 10.2 Å². The summed E-state index contributed by atoms with van der Waals surface area (Å²) in [5.41, 5.74) is 2.51. The Morgan fingerprint density at radius 2 is 2.20 bits per heavy atom. The molecule has 0 spiro atoms. The van der Waals surface area contributed by atoms with E-state index in [1.54, 1.807) is 0 Å². The average Bonchev–Trinajstić information content (AvgIpc) is 2.59. The molecule has 1 aromatic heterocycles. The first kappa shape index (κ1) is 11.1. The lowest BCUT2D eigenvalue weighted by Crippen LogP contribution is -1.88. The number of thioether (sulfide) groups is 1. The molecule has 3 heteroatoms. The second-order valence-electron chi connectivity index (χ2n) is 3.86. The molecular formula is C12H14BrNS. The van der Waals surface area contributed by atoms with Crippen molar-refractivity contribution >= 4 is 38.6 Å². The highest BCUT2D eigenvalue weighted by Gasteiger charge is 2.04. The summed E-state index contributed by atoms with van der Waals surface area (Å²) < 4.78 is 1.16. The van der Waals surface area contributed by atoms with Crippen LogP contribution in [0, 0.1) is 0 Å². The van der Waals surface area contributed by atoms with Crippen molar-refractivity contribution in [1.29, 1.82) is 0 Å². The zero-order valence-electron chi connectivity index (χ0n) is 8.88. The number of benzene rings is 1. The van der Waals surface area contributed by atoms with Gasteiger partial charge in [-0.25, -0.2) is 0 Å². The van der Waals surface area contributed by atoms with E-state index in [9.17, 15) is 0 Å². The Labute approximate surface area is 103 Å². The van der Waals surface area contributed by atoms with Crippen LogP contribution in [-0.4, -0.2) is 10.2 Å². The third kappa shape index (κ3) is 2.58. The number of halogens is 1. The number of hydrogen-bond acceptors (Lipinski definition) is 1. The molecule has 15 heavy (non-hydrogen) atoms. The zero-order chi connectivity index (χ0) is 10.8. The highest BCUT2D eigenvalue weighted by molar-refractivity contribution is 9.10. The summed E-state index contributed by atoms with van der Waals surface area (Å²) in [5.74, 6) is 1.05. The van der Waals surface area contributed by atoms with Gasteiger partial charge >= 0.3 is 0 Å². The number of hydrogen-bond donors (Lipinski definition) is 1. The number of aromatic amines is 1. The third-order valence-electron chi connectivity index (χ3n) is 2.24. The first-order valence-electron chi connectivity index (χ1n) is 5.04. The SMILES string of the molecule is CC(C)SCc1cc2c(Br)cccc2[nH]1. The lowest BCUT2D eigenvalue weighted by Gasteiger charge is -2.01. The van der Waals surface area contributed by atoms with Crippen molar-refractivity contribution in [2.45, 2.75) is 24.9 Å². The smallest absolute Gasteiger partial charge is 0.0467 e. The van der Waals surface area contributed by atoms with Gasteiger partial charge in [-0.05, 0) is 23.4 Å². The summed E-state index contributed by atoms with van der Waals surface area (Å²) in [6.07, 6.45) is 0. The summed E-state index contributed by atoms with van der Waals surface area (Å²) in [6.45, 7) is 4.45. The van der Waals surface area contributed by atoms with Crippen molar-refractivity contribution in [3.8, 4) is 0 Å². The van der Waals surface area contributed by atoms with Crippen LogP contribution < -0.4 is 0 Å². The highest BCUT2D eigenvalue weighted by atomic mass is 79.9. The maximum absolute atomic E-state index is 3.56. The average molecular weight is 284 g/mol. The number of rotatable bonds is 3. The summed E-state index contributed by atoms with van der Waals surface area (Å²) in [4.78, 5) is 3.44. The van der Waals surface area contributed by atoms with Crippen molar-refractivity contribution < 1.29 is 0 Å². The minimum atomic E-state index is 0.680. The van der Waals surface area contributed by atoms with Gasteiger partial charge in [0.2, 0.25) is 0 Å². The van der Waals surface area contributed by atoms with Crippen molar-refractivity contribution in [1.82, 2.24) is 4.98 Å². The van der Waals surface area contributed by atoms with E-state index in [0.29, 0.717) is 5.25 Å². The van der Waals surface area contributed by atoms with E-state index in [4.69, 9.17) is 0 Å². The highest BCUT2D eigenvalue weighted by Crippen LogP contribution is 2.26. The van der Waals surface area contributed by atoms with E-state index in [1.165, 1.54) is 16.6 Å². The van der Waals surface area contributed by atoms with Gasteiger partial charge in [-0.1, -0.05) is 35.8 Å². The summed E-state index contributed by atoms with van der Waals surface area (Å²) in [5, 5.41) is 1.96. The summed E-state index contributed by atoms with van der Waals surface area (Å²) in [7, 11) is 0. The van der Waals surface area contributed by atoms with Crippen LogP contribution in [0.15, 0.2) is 28.7 Å². The molecule has 0 saturated heterocycles. The Kier molecular flexibility index (Phi) is 3.42. The molecule has 2 aromatic rings.